The molecule has 2 aromatic heterocycles. The molecule has 5 N–H and O–H groups in total. The number of hydrogen-bond acceptors (Lipinski definition) is 5. The van der Waals surface area contributed by atoms with Crippen LogP contribution in [0.3, 0.4) is 0 Å². The van der Waals surface area contributed by atoms with Gasteiger partial charge in [-0.3, -0.25) is 9.59 Å². The number of para-hydroxylation sites is 2. The Kier molecular flexibility index (Phi) is 5.48. The van der Waals surface area contributed by atoms with Crippen LogP contribution in [0.25, 0.3) is 44.5 Å². The number of rotatable bonds is 5. The number of piperidine rings is 3. The first kappa shape index (κ1) is 23.6. The minimum atomic E-state index is -0.544. The monoisotopic (exact) mass is 522 g/mol. The molecule has 3 aliphatic rings. The first-order valence-electron chi connectivity index (χ1n) is 13.2. The van der Waals surface area contributed by atoms with Crippen LogP contribution in [0.2, 0.25) is 0 Å². The molecule has 1 atom stereocenters. The normalized spacial score (nSPS) is 20.5. The number of pyridine rings is 1. The first-order chi connectivity index (χ1) is 18.9. The number of aromatic nitrogens is 3. The van der Waals surface area contributed by atoms with Gasteiger partial charge in [-0.05, 0) is 73.8 Å². The molecule has 8 nitrogen and oxygen atoms in total. The van der Waals surface area contributed by atoms with Gasteiger partial charge in [0.25, 0.3) is 5.56 Å². The molecule has 196 valence electrons. The highest BCUT2D eigenvalue weighted by molar-refractivity contribution is 6.01. The molecule has 0 unspecified atom stereocenters. The summed E-state index contributed by atoms with van der Waals surface area (Å²) < 4.78 is 15.4. The maximum Gasteiger partial charge on any atom is 0.261 e. The second kappa shape index (κ2) is 9.06. The Bertz CT molecular complexity index is 1770. The lowest BCUT2D eigenvalue weighted by Gasteiger charge is -2.45. The molecular formula is C30H27FN6O2. The van der Waals surface area contributed by atoms with Crippen molar-refractivity contribution in [1.82, 2.24) is 19.9 Å². The zero-order valence-electron chi connectivity index (χ0n) is 21.1. The first-order valence-corrected chi connectivity index (χ1v) is 13.2. The van der Waals surface area contributed by atoms with E-state index in [-0.39, 0.29) is 11.6 Å². The molecule has 3 aromatic carbocycles. The van der Waals surface area contributed by atoms with Crippen molar-refractivity contribution >= 4 is 33.5 Å². The fraction of sp³-hybridized carbons (Fsp3) is 0.233. The zero-order chi connectivity index (χ0) is 26.7. The minimum absolute atomic E-state index is 0.156. The van der Waals surface area contributed by atoms with Gasteiger partial charge in [0.1, 0.15) is 17.2 Å². The summed E-state index contributed by atoms with van der Waals surface area (Å²) in [5.74, 6) is -0.0678. The Morgan fingerprint density at radius 3 is 2.49 bits per heavy atom. The fourth-order valence-electron chi connectivity index (χ4n) is 6.11. The zero-order valence-corrected chi connectivity index (χ0v) is 21.1. The topological polar surface area (TPSA) is 120 Å². The Hall–Kier alpha value is -4.50. The van der Waals surface area contributed by atoms with E-state index < -0.39 is 11.7 Å². The number of primary amides is 1. The lowest BCUT2D eigenvalue weighted by Crippen LogP contribution is -2.53. The van der Waals surface area contributed by atoms with Crippen LogP contribution in [-0.4, -0.2) is 51.4 Å². The summed E-state index contributed by atoms with van der Waals surface area (Å²) in [6.45, 7) is 3.07. The largest absolute Gasteiger partial charge is 0.379 e. The van der Waals surface area contributed by atoms with E-state index in [1.165, 1.54) is 6.07 Å². The van der Waals surface area contributed by atoms with Gasteiger partial charge in [0, 0.05) is 29.1 Å². The highest BCUT2D eigenvalue weighted by Gasteiger charge is 2.35. The second-order valence-corrected chi connectivity index (χ2v) is 10.5. The number of benzene rings is 3. The van der Waals surface area contributed by atoms with Crippen molar-refractivity contribution in [2.45, 2.75) is 18.9 Å². The number of imidazole rings is 1. The number of hydrogen-bond donors (Lipinski definition) is 4. The lowest BCUT2D eigenvalue weighted by molar-refractivity contribution is 0.0976. The van der Waals surface area contributed by atoms with Gasteiger partial charge in [0.05, 0.1) is 22.2 Å². The average Bonchev–Trinajstić information content (AvgIpc) is 3.37. The molecule has 2 bridgehead atoms. The Morgan fingerprint density at radius 1 is 1.03 bits per heavy atom. The summed E-state index contributed by atoms with van der Waals surface area (Å²) in [6.07, 6.45) is 2.20. The third kappa shape index (κ3) is 4.06. The smallest absolute Gasteiger partial charge is 0.261 e. The van der Waals surface area contributed by atoms with Crippen LogP contribution in [0.4, 0.5) is 10.1 Å². The Balaban J connectivity index is 1.44. The van der Waals surface area contributed by atoms with Gasteiger partial charge < -0.3 is 25.9 Å². The molecule has 39 heavy (non-hydrogen) atoms. The van der Waals surface area contributed by atoms with Crippen molar-refractivity contribution in [1.29, 1.82) is 0 Å². The molecule has 5 aromatic rings. The number of amides is 1. The van der Waals surface area contributed by atoms with E-state index in [1.807, 2.05) is 24.3 Å². The van der Waals surface area contributed by atoms with Crippen molar-refractivity contribution in [3.63, 3.8) is 0 Å². The summed E-state index contributed by atoms with van der Waals surface area (Å²) in [7, 11) is 0. The summed E-state index contributed by atoms with van der Waals surface area (Å²) >= 11 is 0. The van der Waals surface area contributed by atoms with Gasteiger partial charge in [0.2, 0.25) is 5.91 Å². The van der Waals surface area contributed by atoms with Crippen LogP contribution in [0, 0.1) is 11.7 Å². The standard InChI is InChI=1S/C30H27FN6O2/c31-21-14-24-20(13-19(21)16-5-7-18(8-6-16)28(32)38)27(33-25-15-37-11-9-17(25)10-12-37)26(30(39)36-24)29-34-22-3-1-2-4-23(22)35-29/h1-8,13-14,17,25H,9-12,15H2,(H2,32,38)(H,34,35)(H2,33,36,39)/t25-/m1/s1. The van der Waals surface area contributed by atoms with Gasteiger partial charge in [-0.15, -0.1) is 0 Å². The number of fused-ring (bicyclic) bond motifs is 5. The third-order valence-electron chi connectivity index (χ3n) is 8.19. The fourth-order valence-corrected chi connectivity index (χ4v) is 6.11. The number of aromatic amines is 2. The molecule has 5 heterocycles. The summed E-state index contributed by atoms with van der Waals surface area (Å²) in [4.78, 5) is 38.5. The molecule has 9 heteroatoms. The van der Waals surface area contributed by atoms with Crippen molar-refractivity contribution in [3.8, 4) is 22.5 Å². The van der Waals surface area contributed by atoms with Crippen molar-refractivity contribution < 1.29 is 9.18 Å². The number of H-pyrrole nitrogens is 2. The van der Waals surface area contributed by atoms with Crippen LogP contribution in [-0.2, 0) is 0 Å². The maximum absolute atomic E-state index is 15.4. The van der Waals surface area contributed by atoms with Crippen LogP contribution in [0.15, 0.2) is 65.5 Å². The van der Waals surface area contributed by atoms with Gasteiger partial charge >= 0.3 is 0 Å². The van der Waals surface area contributed by atoms with Crippen LogP contribution in [0.1, 0.15) is 23.2 Å². The summed E-state index contributed by atoms with van der Waals surface area (Å²) in [5.41, 5.74) is 9.38. The van der Waals surface area contributed by atoms with Crippen LogP contribution >= 0.6 is 0 Å². The van der Waals surface area contributed by atoms with Crippen LogP contribution in [0.5, 0.6) is 0 Å². The summed E-state index contributed by atoms with van der Waals surface area (Å²) in [6, 6.07) is 17.4. The predicted octanol–water partition coefficient (Wildman–Crippen LogP) is 4.48. The van der Waals surface area contributed by atoms with Gasteiger partial charge in [0.15, 0.2) is 0 Å². The number of anilines is 1. The molecule has 8 rings (SSSR count). The number of nitrogens with two attached hydrogens (primary N) is 1. The molecule has 3 aliphatic heterocycles. The molecule has 0 radical (unpaired) electrons. The van der Waals surface area contributed by atoms with E-state index >= 15 is 4.39 Å². The quantitative estimate of drug-likeness (QED) is 0.271. The number of carbonyl (C=O) groups is 1. The van der Waals surface area contributed by atoms with E-state index in [0.717, 1.165) is 43.5 Å². The van der Waals surface area contributed by atoms with E-state index in [1.54, 1.807) is 30.3 Å². The third-order valence-corrected chi connectivity index (χ3v) is 8.19. The molecule has 0 aliphatic carbocycles. The highest BCUT2D eigenvalue weighted by atomic mass is 19.1. The van der Waals surface area contributed by atoms with Gasteiger partial charge in [-0.1, -0.05) is 24.3 Å². The number of nitrogens with zero attached hydrogens (tertiary/aromatic N) is 2. The van der Waals surface area contributed by atoms with E-state index in [2.05, 4.69) is 20.2 Å². The van der Waals surface area contributed by atoms with E-state index in [9.17, 15) is 9.59 Å². The number of carbonyl (C=O) groups excluding carboxylic acids is 1. The maximum atomic E-state index is 15.4. The Morgan fingerprint density at radius 2 is 1.79 bits per heavy atom. The molecule has 0 spiro atoms. The molecule has 1 amide bonds. The summed E-state index contributed by atoms with van der Waals surface area (Å²) in [5, 5.41) is 4.42. The van der Waals surface area contributed by atoms with Crippen molar-refractivity contribution in [2.75, 3.05) is 25.0 Å². The van der Waals surface area contributed by atoms with Crippen molar-refractivity contribution in [2.24, 2.45) is 11.7 Å². The second-order valence-electron chi connectivity index (χ2n) is 10.5. The van der Waals surface area contributed by atoms with Crippen molar-refractivity contribution in [3.05, 3.63) is 82.4 Å². The SMILES string of the molecule is NC(=O)c1ccc(-c2cc3c(N[C@@H]4CN5CCC4CC5)c(-c4nc5ccccc5[nH]4)c(=O)[nH]c3cc2F)cc1. The highest BCUT2D eigenvalue weighted by Crippen LogP contribution is 2.38. The molecule has 3 saturated heterocycles. The van der Waals surface area contributed by atoms with Gasteiger partial charge in [-0.2, -0.15) is 0 Å². The molecule has 3 fully saturated rings. The average molecular weight is 523 g/mol. The minimum Gasteiger partial charge on any atom is -0.379 e. The Labute approximate surface area is 223 Å². The van der Waals surface area contributed by atoms with E-state index in [0.29, 0.717) is 50.6 Å². The molecular weight excluding hydrogens is 495 g/mol. The van der Waals surface area contributed by atoms with Gasteiger partial charge in [-0.25, -0.2) is 9.37 Å². The number of nitrogens with one attached hydrogen (secondary N) is 3. The molecule has 0 saturated carbocycles. The lowest BCUT2D eigenvalue weighted by atomic mass is 9.83. The van der Waals surface area contributed by atoms with E-state index in [4.69, 9.17) is 10.7 Å². The number of halogens is 1. The predicted molar refractivity (Wildman–Crippen MR) is 150 cm³/mol. The van der Waals surface area contributed by atoms with Crippen LogP contribution < -0.4 is 16.6 Å².